The van der Waals surface area contributed by atoms with Crippen molar-refractivity contribution in [3.63, 3.8) is 0 Å². The van der Waals surface area contributed by atoms with Crippen LogP contribution in [0.25, 0.3) is 5.69 Å². The van der Waals surface area contributed by atoms with E-state index in [-0.39, 0.29) is 5.56 Å². The minimum Gasteiger partial charge on any atom is -0.489 e. The fraction of sp³-hybridized carbons (Fsp3) is 0.333. The largest absolute Gasteiger partial charge is 0.489 e. The summed E-state index contributed by atoms with van der Waals surface area (Å²) < 4.78 is 7.34. The number of likely N-dealkylation sites (tertiary alicyclic amines) is 1. The molecule has 1 atom stereocenters. The van der Waals surface area contributed by atoms with Crippen molar-refractivity contribution in [2.45, 2.75) is 38.8 Å². The van der Waals surface area contributed by atoms with Gasteiger partial charge in [-0.05, 0) is 55.6 Å². The number of aromatic nitrogens is 1. The smallest absolute Gasteiger partial charge is 0.258 e. The quantitative estimate of drug-likeness (QED) is 0.445. The van der Waals surface area contributed by atoms with Crippen molar-refractivity contribution in [1.29, 1.82) is 5.41 Å². The average molecular weight is 445 g/mol. The molecule has 33 heavy (non-hydrogen) atoms. The minimum atomic E-state index is -0.170. The molecule has 0 spiro atoms. The fourth-order valence-corrected chi connectivity index (χ4v) is 4.47. The molecule has 2 N–H and O–H groups in total. The van der Waals surface area contributed by atoms with Gasteiger partial charge >= 0.3 is 0 Å². The number of anilines is 1. The third-order valence-corrected chi connectivity index (χ3v) is 6.29. The number of nitrogens with zero attached hydrogens (tertiary/aromatic N) is 2. The van der Waals surface area contributed by atoms with Crippen molar-refractivity contribution < 1.29 is 4.74 Å². The van der Waals surface area contributed by atoms with Gasteiger partial charge in [0.2, 0.25) is 0 Å². The highest BCUT2D eigenvalue weighted by molar-refractivity contribution is 5.86. The lowest BCUT2D eigenvalue weighted by molar-refractivity contribution is 0.258. The lowest BCUT2D eigenvalue weighted by Crippen LogP contribution is -2.33. The Kier molecular flexibility index (Phi) is 7.58. The van der Waals surface area contributed by atoms with Gasteiger partial charge in [-0.3, -0.25) is 14.3 Å². The lowest BCUT2D eigenvalue weighted by Gasteiger charge is -2.23. The van der Waals surface area contributed by atoms with Crippen LogP contribution < -0.4 is 15.6 Å². The van der Waals surface area contributed by atoms with Gasteiger partial charge in [0.25, 0.3) is 5.56 Å². The molecule has 3 aromatic rings. The maximum absolute atomic E-state index is 12.7. The van der Waals surface area contributed by atoms with Crippen LogP contribution in [0.1, 0.15) is 37.3 Å². The normalized spacial score (nSPS) is 16.0. The highest BCUT2D eigenvalue weighted by atomic mass is 16.5. The molecule has 0 aliphatic carbocycles. The number of hydrogen-bond donors (Lipinski definition) is 2. The summed E-state index contributed by atoms with van der Waals surface area (Å²) in [7, 11) is 0. The van der Waals surface area contributed by atoms with Crippen LogP contribution in [0.15, 0.2) is 71.7 Å². The van der Waals surface area contributed by atoms with Gasteiger partial charge in [-0.2, -0.15) is 0 Å². The molecule has 0 saturated carbocycles. The molecular formula is C27H32N4O2. The molecule has 1 fully saturated rings. The van der Waals surface area contributed by atoms with E-state index < -0.39 is 0 Å². The molecule has 1 aliphatic heterocycles. The molecule has 0 radical (unpaired) electrons. The average Bonchev–Trinajstić information content (AvgIpc) is 3.31. The molecule has 0 unspecified atom stereocenters. The van der Waals surface area contributed by atoms with E-state index in [9.17, 15) is 4.79 Å². The molecular weight excluding hydrogens is 412 g/mol. The number of hydrogen-bond acceptors (Lipinski definition) is 5. The number of benzene rings is 2. The first-order valence-electron chi connectivity index (χ1n) is 11.7. The Balaban J connectivity index is 1.41. The van der Waals surface area contributed by atoms with Gasteiger partial charge in [0.05, 0.1) is 0 Å². The monoisotopic (exact) mass is 444 g/mol. The van der Waals surface area contributed by atoms with Gasteiger partial charge in [-0.1, -0.05) is 37.3 Å². The van der Waals surface area contributed by atoms with Crippen LogP contribution in [0.5, 0.6) is 5.75 Å². The maximum Gasteiger partial charge on any atom is 0.258 e. The Morgan fingerprint density at radius 3 is 2.76 bits per heavy atom. The van der Waals surface area contributed by atoms with Crippen molar-refractivity contribution in [3.8, 4) is 11.4 Å². The van der Waals surface area contributed by atoms with Crippen LogP contribution in [0.4, 0.5) is 5.69 Å². The van der Waals surface area contributed by atoms with Crippen molar-refractivity contribution in [2.75, 3.05) is 25.0 Å². The van der Waals surface area contributed by atoms with E-state index in [0.29, 0.717) is 18.4 Å². The van der Waals surface area contributed by atoms with Gasteiger partial charge < -0.3 is 15.5 Å². The summed E-state index contributed by atoms with van der Waals surface area (Å²) in [5.74, 6) is 0.540. The van der Waals surface area contributed by atoms with Crippen molar-refractivity contribution >= 4 is 11.9 Å². The molecule has 0 bridgehead atoms. The number of nitrogens with one attached hydrogen (secondary N) is 2. The summed E-state index contributed by atoms with van der Waals surface area (Å²) in [6.07, 6.45) is 6.83. The third kappa shape index (κ3) is 5.71. The second kappa shape index (κ2) is 11.0. The van der Waals surface area contributed by atoms with Crippen LogP contribution in [-0.2, 0) is 6.61 Å². The second-order valence-electron chi connectivity index (χ2n) is 8.43. The minimum absolute atomic E-state index is 0.170. The predicted octanol–water partition coefficient (Wildman–Crippen LogP) is 4.70. The van der Waals surface area contributed by atoms with Gasteiger partial charge in [-0.25, -0.2) is 0 Å². The van der Waals surface area contributed by atoms with E-state index >= 15 is 0 Å². The first-order chi connectivity index (χ1) is 16.2. The molecule has 1 aliphatic rings. The molecule has 2 aromatic carbocycles. The SMILES string of the molecule is CC[C@H]1CCCN1CCNc1ccc(-n2ccc(OCc3ccccc3)cc2=O)cc1C=N. The lowest BCUT2D eigenvalue weighted by atomic mass is 10.1. The molecule has 0 amide bonds. The molecule has 1 saturated heterocycles. The molecule has 4 rings (SSSR count). The standard InChI is InChI=1S/C27H32N4O2/c1-2-23-9-6-14-30(23)16-13-29-26-11-10-24(17-22(26)19-28)31-15-12-25(18-27(31)32)33-20-21-7-4-3-5-8-21/h3-5,7-8,10-12,15,17-19,23,28-29H,2,6,9,13-14,16,20H2,1H3/t23-/m0/s1. The molecule has 172 valence electrons. The summed E-state index contributed by atoms with van der Waals surface area (Å²) >= 11 is 0. The zero-order valence-electron chi connectivity index (χ0n) is 19.2. The van der Waals surface area contributed by atoms with E-state index in [1.54, 1.807) is 16.8 Å². The van der Waals surface area contributed by atoms with Gasteiger partial charge in [0, 0.05) is 54.5 Å². The fourth-order valence-electron chi connectivity index (χ4n) is 4.47. The topological polar surface area (TPSA) is 70.3 Å². The number of pyridine rings is 1. The van der Waals surface area contributed by atoms with E-state index in [4.69, 9.17) is 10.1 Å². The number of rotatable bonds is 10. The van der Waals surface area contributed by atoms with Gasteiger partial charge in [-0.15, -0.1) is 0 Å². The summed E-state index contributed by atoms with van der Waals surface area (Å²) in [5, 5.41) is 11.3. The molecule has 1 aromatic heterocycles. The van der Waals surface area contributed by atoms with Gasteiger partial charge in [0.15, 0.2) is 0 Å². The highest BCUT2D eigenvalue weighted by Crippen LogP contribution is 2.21. The van der Waals surface area contributed by atoms with Crippen LogP contribution in [0, 0.1) is 5.41 Å². The highest BCUT2D eigenvalue weighted by Gasteiger charge is 2.21. The third-order valence-electron chi connectivity index (χ3n) is 6.29. The van der Waals surface area contributed by atoms with Crippen LogP contribution in [0.3, 0.4) is 0 Å². The Labute approximate surface area is 195 Å². The van der Waals surface area contributed by atoms with Crippen molar-refractivity contribution in [3.05, 3.63) is 88.3 Å². The zero-order valence-corrected chi connectivity index (χ0v) is 19.2. The Morgan fingerprint density at radius 2 is 2.00 bits per heavy atom. The molecule has 2 heterocycles. The Hall–Kier alpha value is -3.38. The van der Waals surface area contributed by atoms with Crippen molar-refractivity contribution in [1.82, 2.24) is 9.47 Å². The maximum atomic E-state index is 12.7. The van der Waals surface area contributed by atoms with Crippen LogP contribution in [-0.4, -0.2) is 41.4 Å². The van der Waals surface area contributed by atoms with Crippen LogP contribution in [0.2, 0.25) is 0 Å². The first-order valence-corrected chi connectivity index (χ1v) is 11.7. The van der Waals surface area contributed by atoms with Crippen molar-refractivity contribution in [2.24, 2.45) is 0 Å². The second-order valence-corrected chi connectivity index (χ2v) is 8.43. The molecule has 6 heteroatoms. The summed E-state index contributed by atoms with van der Waals surface area (Å²) in [5.41, 5.74) is 3.28. The van der Waals surface area contributed by atoms with Crippen LogP contribution >= 0.6 is 0 Å². The van der Waals surface area contributed by atoms with E-state index in [1.165, 1.54) is 38.1 Å². The Bertz CT molecular complexity index is 1130. The summed E-state index contributed by atoms with van der Waals surface area (Å²) in [6, 6.07) is 19.6. The Morgan fingerprint density at radius 1 is 1.15 bits per heavy atom. The summed E-state index contributed by atoms with van der Waals surface area (Å²) in [4.78, 5) is 15.3. The first kappa shape index (κ1) is 22.8. The summed E-state index contributed by atoms with van der Waals surface area (Å²) in [6.45, 7) is 5.68. The van der Waals surface area contributed by atoms with E-state index in [0.717, 1.165) is 35.6 Å². The van der Waals surface area contributed by atoms with E-state index in [2.05, 4.69) is 17.1 Å². The number of ether oxygens (including phenoxy) is 1. The zero-order chi connectivity index (χ0) is 23.0. The molecule has 6 nitrogen and oxygen atoms in total. The predicted molar refractivity (Wildman–Crippen MR) is 134 cm³/mol. The van der Waals surface area contributed by atoms with Gasteiger partial charge in [0.1, 0.15) is 12.4 Å². The van der Waals surface area contributed by atoms with E-state index in [1.807, 2.05) is 48.5 Å².